The first kappa shape index (κ1) is 8.19. The molecular weight excluding hydrogens is 168 g/mol. The first-order chi connectivity index (χ1) is 6.36. The first-order valence-corrected chi connectivity index (χ1v) is 4.14. The summed E-state index contributed by atoms with van der Waals surface area (Å²) in [6.45, 7) is 0.671. The smallest absolute Gasteiger partial charge is 0.246 e. The number of nitrogens with zero attached hydrogens (tertiary/aromatic N) is 1. The van der Waals surface area contributed by atoms with Crippen molar-refractivity contribution >= 4 is 5.91 Å². The fourth-order valence-corrected chi connectivity index (χ4v) is 1.27. The summed E-state index contributed by atoms with van der Waals surface area (Å²) in [5, 5.41) is 2.74. The van der Waals surface area contributed by atoms with Crippen molar-refractivity contribution in [3.05, 3.63) is 30.1 Å². The van der Waals surface area contributed by atoms with Crippen LogP contribution in [-0.2, 0) is 9.53 Å². The Kier molecular flexibility index (Phi) is 2.23. The summed E-state index contributed by atoms with van der Waals surface area (Å²) >= 11 is 0. The standard InChI is InChI=1S/C9H10N2O2/c12-9-6-13-8(5-11-9)7-2-1-3-10-4-7/h1-4,8H,5-6H2,(H,11,12). The predicted molar refractivity (Wildman–Crippen MR) is 45.9 cm³/mol. The molecule has 0 radical (unpaired) electrons. The van der Waals surface area contributed by atoms with Crippen LogP contribution in [0, 0.1) is 0 Å². The molecule has 1 aliphatic heterocycles. The van der Waals surface area contributed by atoms with Crippen LogP contribution in [0.4, 0.5) is 0 Å². The number of carbonyl (C=O) groups is 1. The molecule has 0 saturated carbocycles. The molecule has 4 nitrogen and oxygen atoms in total. The quantitative estimate of drug-likeness (QED) is 0.671. The van der Waals surface area contributed by atoms with E-state index in [9.17, 15) is 4.79 Å². The van der Waals surface area contributed by atoms with E-state index in [1.54, 1.807) is 12.4 Å². The molecule has 1 fully saturated rings. The minimum Gasteiger partial charge on any atom is -0.362 e. The van der Waals surface area contributed by atoms with E-state index < -0.39 is 0 Å². The molecule has 0 aliphatic carbocycles. The number of aromatic nitrogens is 1. The second-order valence-electron chi connectivity index (χ2n) is 2.89. The molecule has 1 atom stereocenters. The van der Waals surface area contributed by atoms with E-state index in [4.69, 9.17) is 4.74 Å². The summed E-state index contributed by atoms with van der Waals surface area (Å²) in [5.74, 6) is -0.0554. The lowest BCUT2D eigenvalue weighted by Gasteiger charge is -2.22. The predicted octanol–water partition coefficient (Wildman–Crippen LogP) is 0.269. The number of hydrogen-bond donors (Lipinski definition) is 1. The van der Waals surface area contributed by atoms with Crippen LogP contribution < -0.4 is 5.32 Å². The Bertz CT molecular complexity index is 290. The third-order valence-electron chi connectivity index (χ3n) is 1.96. The molecule has 13 heavy (non-hydrogen) atoms. The van der Waals surface area contributed by atoms with E-state index in [0.717, 1.165) is 5.56 Å². The van der Waals surface area contributed by atoms with E-state index in [2.05, 4.69) is 10.3 Å². The fraction of sp³-hybridized carbons (Fsp3) is 0.333. The molecule has 1 saturated heterocycles. The summed E-state index contributed by atoms with van der Waals surface area (Å²) in [4.78, 5) is 14.8. The Hall–Kier alpha value is -1.42. The van der Waals surface area contributed by atoms with E-state index in [1.807, 2.05) is 12.1 Å². The van der Waals surface area contributed by atoms with Crippen LogP contribution in [-0.4, -0.2) is 24.0 Å². The van der Waals surface area contributed by atoms with Crippen molar-refractivity contribution in [1.82, 2.24) is 10.3 Å². The fourth-order valence-electron chi connectivity index (χ4n) is 1.27. The zero-order valence-electron chi connectivity index (χ0n) is 7.06. The average molecular weight is 178 g/mol. The SMILES string of the molecule is O=C1COC(c2cccnc2)CN1. The van der Waals surface area contributed by atoms with Gasteiger partial charge in [-0.25, -0.2) is 0 Å². The number of rotatable bonds is 1. The van der Waals surface area contributed by atoms with Crippen molar-refractivity contribution in [1.29, 1.82) is 0 Å². The van der Waals surface area contributed by atoms with Crippen LogP contribution >= 0.6 is 0 Å². The van der Waals surface area contributed by atoms with E-state index in [-0.39, 0.29) is 18.6 Å². The molecule has 1 N–H and O–H groups in total. The summed E-state index contributed by atoms with van der Waals surface area (Å²) in [6.07, 6.45) is 3.42. The van der Waals surface area contributed by atoms with E-state index in [1.165, 1.54) is 0 Å². The van der Waals surface area contributed by atoms with Crippen molar-refractivity contribution in [2.45, 2.75) is 6.10 Å². The maximum atomic E-state index is 10.8. The Morgan fingerprint density at radius 3 is 3.15 bits per heavy atom. The zero-order valence-corrected chi connectivity index (χ0v) is 7.06. The van der Waals surface area contributed by atoms with Crippen LogP contribution in [0.1, 0.15) is 11.7 Å². The van der Waals surface area contributed by atoms with E-state index >= 15 is 0 Å². The topological polar surface area (TPSA) is 51.2 Å². The zero-order chi connectivity index (χ0) is 9.10. The van der Waals surface area contributed by atoms with Gasteiger partial charge in [-0.1, -0.05) is 6.07 Å². The number of carbonyl (C=O) groups excluding carboxylic acids is 1. The first-order valence-electron chi connectivity index (χ1n) is 4.14. The molecular formula is C9H10N2O2. The maximum absolute atomic E-state index is 10.8. The highest BCUT2D eigenvalue weighted by Gasteiger charge is 2.19. The molecule has 0 bridgehead atoms. The van der Waals surface area contributed by atoms with Crippen molar-refractivity contribution in [3.63, 3.8) is 0 Å². The lowest BCUT2D eigenvalue weighted by molar-refractivity contribution is -0.133. The molecule has 2 heterocycles. The van der Waals surface area contributed by atoms with Gasteiger partial charge in [0.25, 0.3) is 0 Å². The average Bonchev–Trinajstić information content (AvgIpc) is 2.20. The highest BCUT2D eigenvalue weighted by atomic mass is 16.5. The van der Waals surface area contributed by atoms with Gasteiger partial charge < -0.3 is 10.1 Å². The molecule has 68 valence electrons. The lowest BCUT2D eigenvalue weighted by Crippen LogP contribution is -2.38. The van der Waals surface area contributed by atoms with Crippen LogP contribution in [0.3, 0.4) is 0 Å². The van der Waals surface area contributed by atoms with Crippen molar-refractivity contribution in [2.75, 3.05) is 13.2 Å². The molecule has 2 rings (SSSR count). The van der Waals surface area contributed by atoms with Crippen LogP contribution in [0.5, 0.6) is 0 Å². The molecule has 1 aromatic heterocycles. The van der Waals surface area contributed by atoms with Gasteiger partial charge in [-0.05, 0) is 6.07 Å². The molecule has 0 spiro atoms. The molecule has 0 aromatic carbocycles. The highest BCUT2D eigenvalue weighted by Crippen LogP contribution is 2.16. The second-order valence-corrected chi connectivity index (χ2v) is 2.89. The Morgan fingerprint density at radius 2 is 2.54 bits per heavy atom. The number of hydrogen-bond acceptors (Lipinski definition) is 3. The number of amides is 1. The number of nitrogens with one attached hydrogen (secondary N) is 1. The minimum atomic E-state index is -0.0554. The van der Waals surface area contributed by atoms with Crippen molar-refractivity contribution in [2.24, 2.45) is 0 Å². The molecule has 1 amide bonds. The Morgan fingerprint density at radius 1 is 1.62 bits per heavy atom. The maximum Gasteiger partial charge on any atom is 0.246 e. The summed E-state index contributed by atoms with van der Waals surface area (Å²) in [7, 11) is 0. The molecule has 1 aliphatic rings. The third-order valence-corrected chi connectivity index (χ3v) is 1.96. The Balaban J connectivity index is 2.07. The lowest BCUT2D eigenvalue weighted by atomic mass is 10.1. The molecule has 1 unspecified atom stereocenters. The van der Waals surface area contributed by atoms with E-state index in [0.29, 0.717) is 6.54 Å². The van der Waals surface area contributed by atoms with Gasteiger partial charge >= 0.3 is 0 Å². The Labute approximate surface area is 75.9 Å². The van der Waals surface area contributed by atoms with Gasteiger partial charge in [0.15, 0.2) is 0 Å². The second kappa shape index (κ2) is 3.53. The largest absolute Gasteiger partial charge is 0.362 e. The van der Waals surface area contributed by atoms with Gasteiger partial charge in [0, 0.05) is 24.5 Å². The van der Waals surface area contributed by atoms with Gasteiger partial charge in [0.1, 0.15) is 12.7 Å². The highest BCUT2D eigenvalue weighted by molar-refractivity contribution is 5.77. The number of ether oxygens (including phenoxy) is 1. The van der Waals surface area contributed by atoms with Crippen LogP contribution in [0.25, 0.3) is 0 Å². The summed E-state index contributed by atoms with van der Waals surface area (Å²) in [5.41, 5.74) is 1.00. The van der Waals surface area contributed by atoms with Gasteiger partial charge in [0.05, 0.1) is 0 Å². The number of pyridine rings is 1. The van der Waals surface area contributed by atoms with Crippen molar-refractivity contribution < 1.29 is 9.53 Å². The van der Waals surface area contributed by atoms with Crippen LogP contribution in [0.2, 0.25) is 0 Å². The minimum absolute atomic E-state index is 0.0496. The van der Waals surface area contributed by atoms with Gasteiger partial charge in [-0.3, -0.25) is 9.78 Å². The number of morpholine rings is 1. The summed E-state index contributed by atoms with van der Waals surface area (Å²) in [6, 6.07) is 3.80. The van der Waals surface area contributed by atoms with Crippen LogP contribution in [0.15, 0.2) is 24.5 Å². The van der Waals surface area contributed by atoms with Crippen molar-refractivity contribution in [3.8, 4) is 0 Å². The van der Waals surface area contributed by atoms with Gasteiger partial charge in [-0.2, -0.15) is 0 Å². The normalized spacial score (nSPS) is 22.5. The monoisotopic (exact) mass is 178 g/mol. The molecule has 1 aromatic rings. The third kappa shape index (κ3) is 1.84. The summed E-state index contributed by atoms with van der Waals surface area (Å²) < 4.78 is 5.32. The van der Waals surface area contributed by atoms with Gasteiger partial charge in [-0.15, -0.1) is 0 Å². The molecule has 4 heteroatoms. The van der Waals surface area contributed by atoms with Gasteiger partial charge in [0.2, 0.25) is 5.91 Å².